The molecule has 0 spiro atoms. The molecule has 1 aliphatic rings. The van der Waals surface area contributed by atoms with Crippen molar-refractivity contribution < 1.29 is 19.2 Å². The second-order valence-corrected chi connectivity index (χ2v) is 7.58. The van der Waals surface area contributed by atoms with Gasteiger partial charge in [0.2, 0.25) is 11.8 Å². The lowest BCUT2D eigenvalue weighted by molar-refractivity contribution is -0.126. The van der Waals surface area contributed by atoms with Crippen molar-refractivity contribution in [2.75, 3.05) is 32.1 Å². The largest absolute Gasteiger partial charge is 0.384 e. The Labute approximate surface area is 143 Å². The molecule has 1 aromatic heterocycles. The second kappa shape index (κ2) is 7.21. The third kappa shape index (κ3) is 4.55. The van der Waals surface area contributed by atoms with Crippen molar-refractivity contribution in [3.05, 3.63) is 11.8 Å². The summed E-state index contributed by atoms with van der Waals surface area (Å²) >= 11 is 0. The Morgan fingerprint density at radius 1 is 1.38 bits per heavy atom. The fourth-order valence-electron chi connectivity index (χ4n) is 2.61. The Morgan fingerprint density at radius 2 is 2.00 bits per heavy atom. The average molecular weight is 339 g/mol. The molecule has 0 aliphatic carbocycles. The van der Waals surface area contributed by atoms with E-state index in [0.717, 1.165) is 32.6 Å². The van der Waals surface area contributed by atoms with Gasteiger partial charge in [0.05, 0.1) is 5.54 Å². The van der Waals surface area contributed by atoms with E-state index in [1.807, 2.05) is 20.9 Å². The molecule has 0 aromatic carbocycles. The SMILES string of the molecule is CN(CC1CCOCC1)C(C)(C)C(=O)Nc1cc(C(C)(C)O)no1. The molecular formula is C17H29N3O4. The first-order chi connectivity index (χ1) is 11.1. The monoisotopic (exact) mass is 339 g/mol. The minimum atomic E-state index is -1.11. The number of amides is 1. The summed E-state index contributed by atoms with van der Waals surface area (Å²) in [6.07, 6.45) is 2.05. The van der Waals surface area contributed by atoms with Gasteiger partial charge in [-0.25, -0.2) is 0 Å². The highest BCUT2D eigenvalue weighted by molar-refractivity contribution is 5.96. The molecule has 0 bridgehead atoms. The lowest BCUT2D eigenvalue weighted by Crippen LogP contribution is -2.52. The minimum Gasteiger partial charge on any atom is -0.384 e. The van der Waals surface area contributed by atoms with Gasteiger partial charge in [-0.15, -0.1) is 0 Å². The zero-order valence-corrected chi connectivity index (χ0v) is 15.3. The molecule has 1 amide bonds. The van der Waals surface area contributed by atoms with E-state index in [9.17, 15) is 9.90 Å². The molecule has 1 saturated heterocycles. The van der Waals surface area contributed by atoms with Gasteiger partial charge in [0.25, 0.3) is 0 Å². The highest BCUT2D eigenvalue weighted by Crippen LogP contribution is 2.24. The first kappa shape index (κ1) is 18.9. The number of ether oxygens (including phenoxy) is 1. The molecule has 7 nitrogen and oxygen atoms in total. The summed E-state index contributed by atoms with van der Waals surface area (Å²) in [5.41, 5.74) is -1.42. The Morgan fingerprint density at radius 3 is 2.54 bits per heavy atom. The Kier molecular flexibility index (Phi) is 5.67. The van der Waals surface area contributed by atoms with Crippen LogP contribution in [0, 0.1) is 5.92 Å². The maximum absolute atomic E-state index is 12.6. The third-order valence-electron chi connectivity index (χ3n) is 4.76. The number of hydrogen-bond acceptors (Lipinski definition) is 6. The molecule has 7 heteroatoms. The van der Waals surface area contributed by atoms with Gasteiger partial charge in [-0.2, -0.15) is 0 Å². The van der Waals surface area contributed by atoms with Crippen molar-refractivity contribution in [2.45, 2.75) is 51.7 Å². The van der Waals surface area contributed by atoms with Crippen LogP contribution in [0.3, 0.4) is 0 Å². The fourth-order valence-corrected chi connectivity index (χ4v) is 2.61. The molecular weight excluding hydrogens is 310 g/mol. The topological polar surface area (TPSA) is 87.8 Å². The molecule has 24 heavy (non-hydrogen) atoms. The van der Waals surface area contributed by atoms with Crippen LogP contribution in [0.5, 0.6) is 0 Å². The van der Waals surface area contributed by atoms with E-state index in [2.05, 4.69) is 15.4 Å². The smallest absolute Gasteiger partial charge is 0.246 e. The lowest BCUT2D eigenvalue weighted by Gasteiger charge is -2.37. The van der Waals surface area contributed by atoms with Crippen molar-refractivity contribution in [3.63, 3.8) is 0 Å². The van der Waals surface area contributed by atoms with Crippen LogP contribution >= 0.6 is 0 Å². The maximum atomic E-state index is 12.6. The predicted octanol–water partition coefficient (Wildman–Crippen LogP) is 1.98. The first-order valence-corrected chi connectivity index (χ1v) is 8.40. The zero-order valence-electron chi connectivity index (χ0n) is 15.3. The number of likely N-dealkylation sites (N-methyl/N-ethyl adjacent to an activating group) is 1. The summed E-state index contributed by atoms with van der Waals surface area (Å²) in [6, 6.07) is 1.55. The van der Waals surface area contributed by atoms with Gasteiger partial charge in [-0.05, 0) is 53.5 Å². The van der Waals surface area contributed by atoms with Crippen LogP contribution in [-0.2, 0) is 15.1 Å². The molecule has 0 unspecified atom stereocenters. The van der Waals surface area contributed by atoms with Crippen LogP contribution in [0.2, 0.25) is 0 Å². The summed E-state index contributed by atoms with van der Waals surface area (Å²) in [5, 5.41) is 16.5. The number of anilines is 1. The predicted molar refractivity (Wildman–Crippen MR) is 90.6 cm³/mol. The molecule has 2 heterocycles. The van der Waals surface area contributed by atoms with E-state index >= 15 is 0 Å². The molecule has 1 fully saturated rings. The summed E-state index contributed by atoms with van der Waals surface area (Å²) in [6.45, 7) is 9.43. The standard InChI is InChI=1S/C17H29N3O4/c1-16(2,20(5)11-12-6-8-23-9-7-12)15(21)18-14-10-13(19-24-14)17(3,4)22/h10,12,22H,6-9,11H2,1-5H3,(H,18,21). The fraction of sp³-hybridized carbons (Fsp3) is 0.765. The number of rotatable bonds is 6. The van der Waals surface area contributed by atoms with E-state index in [4.69, 9.17) is 9.26 Å². The van der Waals surface area contributed by atoms with E-state index in [1.54, 1.807) is 19.9 Å². The van der Waals surface area contributed by atoms with E-state index in [1.165, 1.54) is 0 Å². The van der Waals surface area contributed by atoms with Crippen LogP contribution in [0.15, 0.2) is 10.6 Å². The number of aromatic nitrogens is 1. The van der Waals surface area contributed by atoms with Crippen molar-refractivity contribution in [3.8, 4) is 0 Å². The van der Waals surface area contributed by atoms with E-state index < -0.39 is 11.1 Å². The second-order valence-electron chi connectivity index (χ2n) is 7.58. The average Bonchev–Trinajstić information content (AvgIpc) is 2.96. The highest BCUT2D eigenvalue weighted by atomic mass is 16.5. The van der Waals surface area contributed by atoms with Crippen LogP contribution in [0.4, 0.5) is 5.88 Å². The molecule has 1 aromatic rings. The van der Waals surface area contributed by atoms with Crippen LogP contribution in [-0.4, -0.2) is 53.4 Å². The number of hydrogen-bond donors (Lipinski definition) is 2. The molecule has 2 N–H and O–H groups in total. The summed E-state index contributed by atoms with van der Waals surface area (Å²) in [4.78, 5) is 14.7. The van der Waals surface area contributed by atoms with Crippen molar-refractivity contribution in [1.82, 2.24) is 10.1 Å². The minimum absolute atomic E-state index is 0.171. The quantitative estimate of drug-likeness (QED) is 0.824. The molecule has 136 valence electrons. The first-order valence-electron chi connectivity index (χ1n) is 8.40. The van der Waals surface area contributed by atoms with Crippen molar-refractivity contribution >= 4 is 11.8 Å². The number of aliphatic hydroxyl groups is 1. The summed E-state index contributed by atoms with van der Waals surface area (Å²) < 4.78 is 10.5. The van der Waals surface area contributed by atoms with E-state index in [-0.39, 0.29) is 11.8 Å². The third-order valence-corrected chi connectivity index (χ3v) is 4.76. The summed E-state index contributed by atoms with van der Waals surface area (Å²) in [5.74, 6) is 0.614. The molecule has 0 atom stereocenters. The normalized spacial score (nSPS) is 17.3. The Bertz CT molecular complexity index is 556. The van der Waals surface area contributed by atoms with Gasteiger partial charge in [0.1, 0.15) is 11.3 Å². The van der Waals surface area contributed by atoms with Crippen LogP contribution in [0.1, 0.15) is 46.2 Å². The van der Waals surface area contributed by atoms with Gasteiger partial charge in [-0.1, -0.05) is 5.16 Å². The molecule has 0 radical (unpaired) electrons. The highest BCUT2D eigenvalue weighted by Gasteiger charge is 2.34. The van der Waals surface area contributed by atoms with Gasteiger partial charge < -0.3 is 14.4 Å². The Hall–Kier alpha value is -1.44. The summed E-state index contributed by atoms with van der Waals surface area (Å²) in [7, 11) is 1.96. The van der Waals surface area contributed by atoms with Gasteiger partial charge in [0, 0.05) is 25.8 Å². The number of carbonyl (C=O) groups is 1. The number of carbonyl (C=O) groups excluding carboxylic acids is 1. The van der Waals surface area contributed by atoms with Crippen molar-refractivity contribution in [1.29, 1.82) is 0 Å². The lowest BCUT2D eigenvalue weighted by atomic mass is 9.95. The van der Waals surface area contributed by atoms with Gasteiger partial charge >= 0.3 is 0 Å². The number of nitrogens with one attached hydrogen (secondary N) is 1. The number of nitrogens with zero attached hydrogens (tertiary/aromatic N) is 2. The molecule has 0 saturated carbocycles. The van der Waals surface area contributed by atoms with Crippen LogP contribution < -0.4 is 5.32 Å². The zero-order chi connectivity index (χ0) is 18.0. The maximum Gasteiger partial charge on any atom is 0.246 e. The van der Waals surface area contributed by atoms with Crippen LogP contribution in [0.25, 0.3) is 0 Å². The molecule has 1 aliphatic heterocycles. The Balaban J connectivity index is 1.97. The van der Waals surface area contributed by atoms with E-state index in [0.29, 0.717) is 11.6 Å². The molecule has 2 rings (SSSR count). The van der Waals surface area contributed by atoms with Gasteiger partial charge in [-0.3, -0.25) is 15.0 Å². The van der Waals surface area contributed by atoms with Crippen molar-refractivity contribution in [2.24, 2.45) is 5.92 Å². The van der Waals surface area contributed by atoms with Gasteiger partial charge in [0.15, 0.2) is 0 Å².